The molecular weight excluding hydrogens is 114 g/mol. The van der Waals surface area contributed by atoms with Crippen molar-refractivity contribution in [2.45, 2.75) is 6.92 Å². The fourth-order valence-electron chi connectivity index (χ4n) is 0.0853. The van der Waals surface area contributed by atoms with Gasteiger partial charge in [0.25, 0.3) is 0 Å². The summed E-state index contributed by atoms with van der Waals surface area (Å²) < 4.78 is 0. The van der Waals surface area contributed by atoms with Crippen LogP contribution < -0.4 is 0 Å². The van der Waals surface area contributed by atoms with Crippen molar-refractivity contribution in [3.8, 4) is 5.40 Å². The van der Waals surface area contributed by atoms with Crippen LogP contribution in [0.25, 0.3) is 0 Å². The molecule has 1 nitrogen and oxygen atoms in total. The Kier molecular flexibility index (Phi) is 5.35. The molecule has 0 saturated carbocycles. The second-order valence-corrected chi connectivity index (χ2v) is 2.95. The molecule has 0 aliphatic carbocycles. The molecule has 0 amide bonds. The Hall–Kier alpha value is 0.190. The second kappa shape index (κ2) is 5.19. The van der Waals surface area contributed by atoms with Gasteiger partial charge in [-0.3, -0.25) is 0 Å². The molecule has 0 aliphatic rings. The highest BCUT2D eigenvalue weighted by Gasteiger charge is 1.75. The van der Waals surface area contributed by atoms with Crippen LogP contribution in [-0.4, -0.2) is 5.75 Å². The molecule has 0 heterocycles. The van der Waals surface area contributed by atoms with Gasteiger partial charge in [-0.15, -0.1) is 0 Å². The van der Waals surface area contributed by atoms with Crippen molar-refractivity contribution in [3.05, 3.63) is 0 Å². The van der Waals surface area contributed by atoms with E-state index in [9.17, 15) is 0 Å². The number of thiocyanates is 1. The molecule has 0 saturated heterocycles. The van der Waals surface area contributed by atoms with E-state index in [1.54, 1.807) is 10.8 Å². The van der Waals surface area contributed by atoms with Crippen LogP contribution in [0.5, 0.6) is 0 Å². The van der Waals surface area contributed by atoms with Gasteiger partial charge in [-0.2, -0.15) is 5.26 Å². The van der Waals surface area contributed by atoms with Crippen molar-refractivity contribution in [2.24, 2.45) is 0 Å². The molecule has 6 heavy (non-hydrogen) atoms. The van der Waals surface area contributed by atoms with Crippen molar-refractivity contribution in [2.75, 3.05) is 5.75 Å². The Balaban J connectivity index is 2.54. The molecule has 0 fully saturated rings. The number of hydrogen-bond donors (Lipinski definition) is 0. The van der Waals surface area contributed by atoms with Crippen LogP contribution in [0, 0.1) is 10.7 Å². The van der Waals surface area contributed by atoms with Gasteiger partial charge in [-0.1, -0.05) is 17.7 Å². The lowest BCUT2D eigenvalue weighted by Gasteiger charge is -1.76. The minimum atomic E-state index is 1.01. The highest BCUT2D eigenvalue weighted by atomic mass is 33.1. The minimum Gasteiger partial charge on any atom is -0.184 e. The molecule has 0 atom stereocenters. The minimum absolute atomic E-state index is 1.01. The lowest BCUT2D eigenvalue weighted by atomic mass is 11.0. The molecule has 0 unspecified atom stereocenters. The maximum absolute atomic E-state index is 7.89. The van der Waals surface area contributed by atoms with E-state index in [0.717, 1.165) is 5.75 Å². The van der Waals surface area contributed by atoms with E-state index in [2.05, 4.69) is 0 Å². The van der Waals surface area contributed by atoms with Gasteiger partial charge in [0.1, 0.15) is 5.40 Å². The van der Waals surface area contributed by atoms with E-state index >= 15 is 0 Å². The quantitative estimate of drug-likeness (QED) is 0.315. The van der Waals surface area contributed by atoms with E-state index in [1.165, 1.54) is 10.8 Å². The summed E-state index contributed by atoms with van der Waals surface area (Å²) in [6.45, 7) is 2.02. The zero-order valence-corrected chi connectivity index (χ0v) is 5.10. The molecular formula is C3H5NS2. The summed E-state index contributed by atoms with van der Waals surface area (Å²) in [6.07, 6.45) is 0. The summed E-state index contributed by atoms with van der Waals surface area (Å²) in [5, 5.41) is 9.84. The Morgan fingerprint density at radius 2 is 2.50 bits per heavy atom. The Bertz CT molecular complexity index is 56.3. The number of rotatable bonds is 2. The van der Waals surface area contributed by atoms with E-state index < -0.39 is 0 Å². The van der Waals surface area contributed by atoms with Gasteiger partial charge in [0.05, 0.1) is 0 Å². The molecule has 0 aromatic heterocycles. The first-order chi connectivity index (χ1) is 2.91. The molecule has 0 aromatic carbocycles. The first-order valence-electron chi connectivity index (χ1n) is 1.59. The van der Waals surface area contributed by atoms with Crippen LogP contribution in [0.2, 0.25) is 0 Å². The van der Waals surface area contributed by atoms with Crippen LogP contribution >= 0.6 is 21.6 Å². The zero-order valence-electron chi connectivity index (χ0n) is 3.47. The van der Waals surface area contributed by atoms with Crippen LogP contribution in [0.3, 0.4) is 0 Å². The molecule has 0 spiro atoms. The third-order valence-corrected chi connectivity index (χ3v) is 1.93. The first-order valence-corrected chi connectivity index (χ1v) is 3.91. The van der Waals surface area contributed by atoms with Gasteiger partial charge in [0.15, 0.2) is 0 Å². The zero-order chi connectivity index (χ0) is 4.83. The van der Waals surface area contributed by atoms with Gasteiger partial charge < -0.3 is 0 Å². The van der Waals surface area contributed by atoms with Crippen molar-refractivity contribution in [1.82, 2.24) is 0 Å². The maximum atomic E-state index is 7.89. The summed E-state index contributed by atoms with van der Waals surface area (Å²) >= 11 is 0. The Labute approximate surface area is 45.5 Å². The highest BCUT2D eigenvalue weighted by molar-refractivity contribution is 8.78. The van der Waals surface area contributed by atoms with E-state index in [0.29, 0.717) is 0 Å². The monoisotopic (exact) mass is 119 g/mol. The van der Waals surface area contributed by atoms with E-state index in [-0.39, 0.29) is 0 Å². The molecule has 0 radical (unpaired) electrons. The predicted octanol–water partition coefficient (Wildman–Crippen LogP) is 1.87. The third kappa shape index (κ3) is 4.19. The molecule has 0 aliphatic heterocycles. The first kappa shape index (κ1) is 6.19. The molecule has 0 N–H and O–H groups in total. The Morgan fingerprint density at radius 3 is 2.67 bits per heavy atom. The van der Waals surface area contributed by atoms with Crippen molar-refractivity contribution < 1.29 is 0 Å². The molecule has 34 valence electrons. The topological polar surface area (TPSA) is 23.8 Å². The fraction of sp³-hybridized carbons (Fsp3) is 0.667. The van der Waals surface area contributed by atoms with E-state index in [1.807, 2.05) is 12.3 Å². The summed E-state index contributed by atoms with van der Waals surface area (Å²) in [5.74, 6) is 1.01. The van der Waals surface area contributed by atoms with Crippen LogP contribution in [-0.2, 0) is 0 Å². The summed E-state index contributed by atoms with van der Waals surface area (Å²) in [5.41, 5.74) is 0. The number of nitriles is 1. The highest BCUT2D eigenvalue weighted by Crippen LogP contribution is 2.17. The smallest absolute Gasteiger partial charge is 0.144 e. The molecule has 0 bridgehead atoms. The lowest BCUT2D eigenvalue weighted by Crippen LogP contribution is -1.51. The lowest BCUT2D eigenvalue weighted by molar-refractivity contribution is 1.54. The summed E-state index contributed by atoms with van der Waals surface area (Å²) in [4.78, 5) is 0. The fourth-order valence-corrected chi connectivity index (χ4v) is 0.768. The van der Waals surface area contributed by atoms with Crippen LogP contribution in [0.1, 0.15) is 6.92 Å². The average molecular weight is 119 g/mol. The summed E-state index contributed by atoms with van der Waals surface area (Å²) in [6, 6.07) is 0. The molecule has 0 rings (SSSR count). The number of nitrogens with zero attached hydrogens (tertiary/aromatic N) is 1. The van der Waals surface area contributed by atoms with Gasteiger partial charge in [-0.05, 0) is 0 Å². The maximum Gasteiger partial charge on any atom is 0.144 e. The average Bonchev–Trinajstić information content (AvgIpc) is 1.61. The second-order valence-electron chi connectivity index (χ2n) is 0.581. The van der Waals surface area contributed by atoms with E-state index in [4.69, 9.17) is 5.26 Å². The Morgan fingerprint density at radius 1 is 1.83 bits per heavy atom. The van der Waals surface area contributed by atoms with Crippen LogP contribution in [0.4, 0.5) is 0 Å². The van der Waals surface area contributed by atoms with Gasteiger partial charge in [-0.25, -0.2) is 0 Å². The largest absolute Gasteiger partial charge is 0.184 e. The van der Waals surface area contributed by atoms with Gasteiger partial charge in [0.2, 0.25) is 0 Å². The predicted molar refractivity (Wildman–Crippen MR) is 31.3 cm³/mol. The normalized spacial score (nSPS) is 7.33. The standard InChI is InChI=1S/C3H5NS2/c1-2-5-6-3-4/h2H2,1H3. The third-order valence-electron chi connectivity index (χ3n) is 0.214. The van der Waals surface area contributed by atoms with Gasteiger partial charge >= 0.3 is 0 Å². The number of hydrogen-bond acceptors (Lipinski definition) is 3. The van der Waals surface area contributed by atoms with Crippen LogP contribution in [0.15, 0.2) is 0 Å². The van der Waals surface area contributed by atoms with Crippen molar-refractivity contribution >= 4 is 21.6 Å². The SMILES string of the molecule is CCSSC#N. The van der Waals surface area contributed by atoms with Crippen molar-refractivity contribution in [3.63, 3.8) is 0 Å². The molecule has 0 aromatic rings. The summed E-state index contributed by atoms with van der Waals surface area (Å²) in [7, 11) is 2.79. The van der Waals surface area contributed by atoms with Crippen molar-refractivity contribution in [1.29, 1.82) is 5.26 Å². The molecule has 3 heteroatoms. The van der Waals surface area contributed by atoms with Gasteiger partial charge in [0, 0.05) is 16.5 Å².